The maximum atomic E-state index is 11.8. The van der Waals surface area contributed by atoms with Crippen molar-refractivity contribution in [2.75, 3.05) is 7.11 Å². The van der Waals surface area contributed by atoms with E-state index in [4.69, 9.17) is 10.5 Å². The van der Waals surface area contributed by atoms with E-state index >= 15 is 0 Å². The summed E-state index contributed by atoms with van der Waals surface area (Å²) >= 11 is 8.72. The summed E-state index contributed by atoms with van der Waals surface area (Å²) in [6.07, 6.45) is 7.07. The zero-order valence-electron chi connectivity index (χ0n) is 12.2. The summed E-state index contributed by atoms with van der Waals surface area (Å²) < 4.78 is 7.05. The Hall–Kier alpha value is 0.0900. The Balaban J connectivity index is 2.14. The number of thiophene rings is 1. The molecule has 1 unspecified atom stereocenters. The second kappa shape index (κ2) is 7.57. The molecule has 118 valence electrons. The van der Waals surface area contributed by atoms with Gasteiger partial charge in [0.25, 0.3) is 0 Å². The lowest BCUT2D eigenvalue weighted by molar-refractivity contribution is -0.144. The molecular formula is C15H21Br2NO2S. The lowest BCUT2D eigenvalue weighted by Gasteiger charge is -2.38. The molecule has 1 aliphatic carbocycles. The van der Waals surface area contributed by atoms with E-state index in [2.05, 4.69) is 37.9 Å². The third-order valence-corrected chi connectivity index (χ3v) is 6.78. The standard InChI is InChI=1S/C15H21Br2NO2S/c1-20-13(19)9-15(5-3-2-4-6-15)8-11(18)10-7-12(16)21-14(10)17/h7,11H,2-6,8-9,18H2,1H3. The molecule has 1 saturated carbocycles. The van der Waals surface area contributed by atoms with Crippen LogP contribution in [0.5, 0.6) is 0 Å². The largest absolute Gasteiger partial charge is 0.469 e. The van der Waals surface area contributed by atoms with Gasteiger partial charge in [-0.2, -0.15) is 0 Å². The number of rotatable bonds is 5. The van der Waals surface area contributed by atoms with E-state index in [-0.39, 0.29) is 17.4 Å². The molecule has 0 spiro atoms. The topological polar surface area (TPSA) is 52.3 Å². The fourth-order valence-corrected chi connectivity index (χ4v) is 6.32. The maximum Gasteiger partial charge on any atom is 0.306 e. The number of carbonyl (C=O) groups is 1. The number of carbonyl (C=O) groups excluding carboxylic acids is 1. The fourth-order valence-electron chi connectivity index (χ4n) is 3.32. The smallest absolute Gasteiger partial charge is 0.306 e. The highest BCUT2D eigenvalue weighted by molar-refractivity contribution is 9.12. The fraction of sp³-hybridized carbons (Fsp3) is 0.667. The molecule has 2 rings (SSSR count). The highest BCUT2D eigenvalue weighted by Crippen LogP contribution is 2.47. The van der Waals surface area contributed by atoms with Gasteiger partial charge in [-0.3, -0.25) is 4.79 Å². The van der Waals surface area contributed by atoms with Gasteiger partial charge in [0, 0.05) is 6.04 Å². The Labute approximate surface area is 146 Å². The number of ether oxygens (including phenoxy) is 1. The lowest BCUT2D eigenvalue weighted by Crippen LogP contribution is -2.32. The molecule has 1 atom stereocenters. The van der Waals surface area contributed by atoms with E-state index in [9.17, 15) is 4.79 Å². The molecule has 0 aromatic carbocycles. The van der Waals surface area contributed by atoms with Crippen molar-refractivity contribution in [1.29, 1.82) is 0 Å². The van der Waals surface area contributed by atoms with Crippen molar-refractivity contribution in [1.82, 2.24) is 0 Å². The molecule has 0 saturated heterocycles. The lowest BCUT2D eigenvalue weighted by atomic mass is 9.68. The number of methoxy groups -OCH3 is 1. The minimum atomic E-state index is -0.116. The van der Waals surface area contributed by atoms with Gasteiger partial charge in [0.15, 0.2) is 0 Å². The number of nitrogens with two attached hydrogens (primary N) is 1. The van der Waals surface area contributed by atoms with Crippen molar-refractivity contribution >= 4 is 49.2 Å². The minimum Gasteiger partial charge on any atom is -0.469 e. The van der Waals surface area contributed by atoms with Gasteiger partial charge in [0.1, 0.15) is 0 Å². The van der Waals surface area contributed by atoms with Crippen LogP contribution in [0, 0.1) is 5.41 Å². The van der Waals surface area contributed by atoms with E-state index in [1.807, 2.05) is 0 Å². The van der Waals surface area contributed by atoms with Gasteiger partial charge >= 0.3 is 5.97 Å². The van der Waals surface area contributed by atoms with Gasteiger partial charge in [0.2, 0.25) is 0 Å². The third kappa shape index (κ3) is 4.53. The van der Waals surface area contributed by atoms with E-state index < -0.39 is 0 Å². The first-order chi connectivity index (χ1) is 9.96. The monoisotopic (exact) mass is 437 g/mol. The summed E-state index contributed by atoms with van der Waals surface area (Å²) in [5.74, 6) is -0.116. The van der Waals surface area contributed by atoms with E-state index in [0.29, 0.717) is 6.42 Å². The van der Waals surface area contributed by atoms with Crippen LogP contribution in [0.1, 0.15) is 56.6 Å². The van der Waals surface area contributed by atoms with Crippen LogP contribution in [-0.4, -0.2) is 13.1 Å². The summed E-state index contributed by atoms with van der Waals surface area (Å²) in [5.41, 5.74) is 7.57. The predicted octanol–water partition coefficient (Wildman–Crippen LogP) is 5.18. The van der Waals surface area contributed by atoms with Gasteiger partial charge in [0.05, 0.1) is 21.1 Å². The first kappa shape index (κ1) is 17.4. The van der Waals surface area contributed by atoms with Crippen molar-refractivity contribution in [3.05, 3.63) is 19.2 Å². The summed E-state index contributed by atoms with van der Waals surface area (Å²) in [6.45, 7) is 0. The normalized spacial score (nSPS) is 19.2. The van der Waals surface area contributed by atoms with Crippen LogP contribution in [0.15, 0.2) is 13.6 Å². The summed E-state index contributed by atoms with van der Waals surface area (Å²) in [4.78, 5) is 11.8. The molecule has 2 N–H and O–H groups in total. The van der Waals surface area contributed by atoms with Gasteiger partial charge in [-0.15, -0.1) is 11.3 Å². The molecule has 3 nitrogen and oxygen atoms in total. The molecule has 1 heterocycles. The average molecular weight is 439 g/mol. The van der Waals surface area contributed by atoms with E-state index in [1.165, 1.54) is 26.4 Å². The molecule has 1 aromatic rings. The Morgan fingerprint density at radius 1 is 1.43 bits per heavy atom. The molecule has 0 radical (unpaired) electrons. The van der Waals surface area contributed by atoms with Crippen LogP contribution in [0.4, 0.5) is 0 Å². The highest BCUT2D eigenvalue weighted by atomic mass is 79.9. The van der Waals surface area contributed by atoms with Crippen LogP contribution in [-0.2, 0) is 9.53 Å². The van der Waals surface area contributed by atoms with E-state index in [1.54, 1.807) is 11.3 Å². The second-order valence-corrected chi connectivity index (χ2v) is 9.65. The van der Waals surface area contributed by atoms with Crippen molar-refractivity contribution in [3.8, 4) is 0 Å². The zero-order chi connectivity index (χ0) is 15.5. The summed E-state index contributed by atoms with van der Waals surface area (Å²) in [7, 11) is 1.46. The average Bonchev–Trinajstić information content (AvgIpc) is 2.78. The molecule has 6 heteroatoms. The van der Waals surface area contributed by atoms with Crippen LogP contribution >= 0.6 is 43.2 Å². The Morgan fingerprint density at radius 2 is 2.10 bits per heavy atom. The predicted molar refractivity (Wildman–Crippen MR) is 93.4 cm³/mol. The Bertz CT molecular complexity index is 498. The Kier molecular flexibility index (Phi) is 6.29. The maximum absolute atomic E-state index is 11.8. The van der Waals surface area contributed by atoms with Crippen LogP contribution in [0.2, 0.25) is 0 Å². The second-order valence-electron chi connectivity index (χ2n) is 5.90. The van der Waals surface area contributed by atoms with Gasteiger partial charge < -0.3 is 10.5 Å². The quantitative estimate of drug-likeness (QED) is 0.644. The minimum absolute atomic E-state index is 0.00138. The molecule has 0 aliphatic heterocycles. The van der Waals surface area contributed by atoms with Crippen LogP contribution in [0.3, 0.4) is 0 Å². The van der Waals surface area contributed by atoms with Crippen molar-refractivity contribution < 1.29 is 9.53 Å². The summed E-state index contributed by atoms with van der Waals surface area (Å²) in [6, 6.07) is 2.03. The first-order valence-corrected chi connectivity index (χ1v) is 9.63. The molecular weight excluding hydrogens is 418 g/mol. The van der Waals surface area contributed by atoms with Crippen molar-refractivity contribution in [2.24, 2.45) is 11.1 Å². The number of hydrogen-bond donors (Lipinski definition) is 1. The van der Waals surface area contributed by atoms with Crippen LogP contribution < -0.4 is 5.73 Å². The van der Waals surface area contributed by atoms with Gasteiger partial charge in [-0.25, -0.2) is 0 Å². The molecule has 1 fully saturated rings. The molecule has 21 heavy (non-hydrogen) atoms. The molecule has 1 aromatic heterocycles. The Morgan fingerprint density at radius 3 is 2.62 bits per heavy atom. The number of esters is 1. The summed E-state index contributed by atoms with van der Waals surface area (Å²) in [5, 5.41) is 0. The van der Waals surface area contributed by atoms with Crippen molar-refractivity contribution in [3.63, 3.8) is 0 Å². The first-order valence-electron chi connectivity index (χ1n) is 7.23. The SMILES string of the molecule is COC(=O)CC1(CC(N)c2cc(Br)sc2Br)CCCCC1. The van der Waals surface area contributed by atoms with E-state index in [0.717, 1.165) is 32.4 Å². The van der Waals surface area contributed by atoms with Crippen LogP contribution in [0.25, 0.3) is 0 Å². The van der Waals surface area contributed by atoms with Gasteiger partial charge in [-0.05, 0) is 68.2 Å². The molecule has 0 bridgehead atoms. The number of halogens is 2. The molecule has 1 aliphatic rings. The zero-order valence-corrected chi connectivity index (χ0v) is 16.2. The highest BCUT2D eigenvalue weighted by Gasteiger charge is 2.37. The van der Waals surface area contributed by atoms with Gasteiger partial charge in [-0.1, -0.05) is 19.3 Å². The third-order valence-electron chi connectivity index (χ3n) is 4.40. The number of hydrogen-bond acceptors (Lipinski definition) is 4. The van der Waals surface area contributed by atoms with Crippen molar-refractivity contribution in [2.45, 2.75) is 51.0 Å². The molecule has 0 amide bonds.